The Morgan fingerprint density at radius 1 is 0.530 bits per heavy atom. The van der Waals surface area contributed by atoms with Crippen molar-refractivity contribution in [3.63, 3.8) is 0 Å². The molecule has 8 aromatic carbocycles. The average molecular weight is 1030 g/mol. The van der Waals surface area contributed by atoms with Crippen molar-refractivity contribution >= 4 is 61.8 Å². The Balaban J connectivity index is 0.000000188. The first-order chi connectivity index (χ1) is 31.9. The second-order valence-corrected chi connectivity index (χ2v) is 15.7. The number of rotatable bonds is 4. The fourth-order valence-corrected chi connectivity index (χ4v) is 8.72. The van der Waals surface area contributed by atoms with Crippen LogP contribution >= 0.6 is 0 Å². The first kappa shape index (κ1) is 43.2. The predicted octanol–water partition coefficient (Wildman–Crippen LogP) is 14.9. The summed E-state index contributed by atoms with van der Waals surface area (Å²) in [5.41, 5.74) is 15.3. The third-order valence-corrected chi connectivity index (χ3v) is 11.4. The molecular weight excluding hydrogens is 991 g/mol. The quantitative estimate of drug-likeness (QED) is 0.107. The molecule has 2 aliphatic rings. The number of carbonyl (C=O) groups excluding carboxylic acids is 1. The summed E-state index contributed by atoms with van der Waals surface area (Å²) in [5.74, 6) is 0.589. The maximum absolute atomic E-state index is 10.0. The summed E-state index contributed by atoms with van der Waals surface area (Å²) in [6.45, 7) is 2.85. The van der Waals surface area contributed by atoms with Crippen LogP contribution in [0.25, 0.3) is 66.4 Å². The van der Waals surface area contributed by atoms with Crippen molar-refractivity contribution < 1.29 is 30.0 Å². The topological polar surface area (TPSA) is 82.4 Å². The molecule has 2 aliphatic heterocycles. The number of benzene rings is 8. The number of para-hydroxylation sites is 5. The maximum Gasteiger partial charge on any atom is 0.235 e. The molecule has 0 saturated heterocycles. The molecule has 12 rings (SSSR count). The molecule has 0 atom stereocenters. The molecule has 0 saturated carbocycles. The van der Waals surface area contributed by atoms with E-state index in [2.05, 4.69) is 166 Å². The van der Waals surface area contributed by atoms with Gasteiger partial charge < -0.3 is 15.0 Å². The molecule has 7 nitrogen and oxygen atoms in total. The van der Waals surface area contributed by atoms with Crippen molar-refractivity contribution in [1.82, 2.24) is 15.0 Å². The van der Waals surface area contributed by atoms with E-state index in [1.54, 1.807) is 0 Å². The van der Waals surface area contributed by atoms with Gasteiger partial charge in [0, 0.05) is 54.5 Å². The van der Waals surface area contributed by atoms with E-state index in [9.17, 15) is 4.79 Å². The number of hydrogen-bond acceptors (Lipinski definition) is 7. The van der Waals surface area contributed by atoms with Gasteiger partial charge in [-0.2, -0.15) is 0 Å². The number of nitrogens with zero attached hydrogens (tertiary/aromatic N) is 5. The van der Waals surface area contributed by atoms with Crippen LogP contribution in [0, 0.1) is 6.07 Å². The van der Waals surface area contributed by atoms with Crippen LogP contribution in [0.5, 0.6) is 0 Å². The summed E-state index contributed by atoms with van der Waals surface area (Å²) in [5, 5.41) is 11.8. The van der Waals surface area contributed by atoms with E-state index >= 15 is 0 Å². The van der Waals surface area contributed by atoms with Gasteiger partial charge in [-0.3, -0.25) is 9.69 Å². The van der Waals surface area contributed by atoms with Gasteiger partial charge in [-0.15, -0.1) is 35.9 Å². The van der Waals surface area contributed by atoms with Gasteiger partial charge in [0.2, 0.25) is 5.95 Å². The molecule has 0 unspecified atom stereocenters. The third-order valence-electron chi connectivity index (χ3n) is 11.4. The molecule has 321 valence electrons. The van der Waals surface area contributed by atoms with Gasteiger partial charge in [0.05, 0.1) is 45.4 Å². The fraction of sp³-hybridized carbons (Fsp3) is 0.0345. The Bertz CT molecular complexity index is 3400. The molecule has 0 spiro atoms. The van der Waals surface area contributed by atoms with Gasteiger partial charge in [-0.05, 0) is 77.8 Å². The van der Waals surface area contributed by atoms with Crippen LogP contribution in [0.15, 0.2) is 218 Å². The summed E-state index contributed by atoms with van der Waals surface area (Å²) in [7, 11) is 0. The van der Waals surface area contributed by atoms with Crippen molar-refractivity contribution in [3.05, 3.63) is 224 Å². The van der Waals surface area contributed by atoms with Crippen LogP contribution in [0.4, 0.5) is 34.4 Å². The SMILES string of the molecule is CC(=O)C=C(C)O.[Ir].[c-]1ccccc1-c1nccc2ccccc12.c1ccc(-c2nc(N3c4ccccc4N4c5ccccc5-c5ccccc5-c5cccc3c54)nc3ccccc23)cc1. The molecule has 0 fully saturated rings. The predicted molar refractivity (Wildman–Crippen MR) is 265 cm³/mol. The third kappa shape index (κ3) is 8.27. The number of anilines is 6. The van der Waals surface area contributed by atoms with Crippen LogP contribution in [0.2, 0.25) is 0 Å². The van der Waals surface area contributed by atoms with Crippen LogP contribution in [-0.2, 0) is 24.9 Å². The van der Waals surface area contributed by atoms with Crippen molar-refractivity contribution in [3.8, 4) is 44.8 Å². The van der Waals surface area contributed by atoms with E-state index < -0.39 is 0 Å². The molecule has 1 N–H and O–H groups in total. The second kappa shape index (κ2) is 19.0. The van der Waals surface area contributed by atoms with Crippen LogP contribution in [-0.4, -0.2) is 25.8 Å². The van der Waals surface area contributed by atoms with Crippen molar-refractivity contribution in [2.24, 2.45) is 0 Å². The molecule has 0 aliphatic carbocycles. The average Bonchev–Trinajstić information content (AvgIpc) is 3.48. The van der Waals surface area contributed by atoms with Gasteiger partial charge in [0.1, 0.15) is 0 Å². The number of hydrogen-bond donors (Lipinski definition) is 1. The molecule has 0 bridgehead atoms. The zero-order valence-corrected chi connectivity index (χ0v) is 38.5. The minimum Gasteiger partial charge on any atom is -0.512 e. The molecule has 66 heavy (non-hydrogen) atoms. The second-order valence-electron chi connectivity index (χ2n) is 15.7. The van der Waals surface area contributed by atoms with Gasteiger partial charge >= 0.3 is 0 Å². The number of fused-ring (bicyclic) bond motifs is 9. The Kier molecular flexibility index (Phi) is 12.4. The van der Waals surface area contributed by atoms with E-state index in [-0.39, 0.29) is 31.6 Å². The number of ketones is 1. The first-order valence-corrected chi connectivity index (χ1v) is 21.5. The summed E-state index contributed by atoms with van der Waals surface area (Å²) in [4.78, 5) is 29.6. The summed E-state index contributed by atoms with van der Waals surface area (Å²) < 4.78 is 0. The Labute approximate surface area is 397 Å². The van der Waals surface area contributed by atoms with Gasteiger partial charge in [-0.25, -0.2) is 9.97 Å². The Morgan fingerprint density at radius 3 is 1.83 bits per heavy atom. The number of carbonyl (C=O) groups is 1. The minimum atomic E-state index is -0.125. The number of aliphatic hydroxyl groups excluding tert-OH is 1. The fourth-order valence-electron chi connectivity index (χ4n) is 8.72. The Hall–Kier alpha value is -8.03. The van der Waals surface area contributed by atoms with Gasteiger partial charge in [-0.1, -0.05) is 140 Å². The van der Waals surface area contributed by atoms with E-state index in [0.29, 0.717) is 5.95 Å². The number of pyridine rings is 1. The minimum absolute atomic E-state index is 0. The smallest absolute Gasteiger partial charge is 0.235 e. The molecule has 4 heterocycles. The largest absolute Gasteiger partial charge is 0.512 e. The summed E-state index contributed by atoms with van der Waals surface area (Å²) >= 11 is 0. The van der Waals surface area contributed by atoms with Crippen molar-refractivity contribution in [2.75, 3.05) is 9.80 Å². The van der Waals surface area contributed by atoms with Crippen LogP contribution < -0.4 is 9.80 Å². The normalized spacial score (nSPS) is 11.8. The van der Waals surface area contributed by atoms with E-state index in [1.165, 1.54) is 52.9 Å². The monoisotopic (exact) mass is 1030 g/mol. The summed E-state index contributed by atoms with van der Waals surface area (Å²) in [6.07, 6.45) is 3.01. The molecule has 0 amide bonds. The van der Waals surface area contributed by atoms with Crippen molar-refractivity contribution in [1.29, 1.82) is 0 Å². The Morgan fingerprint density at radius 2 is 1.12 bits per heavy atom. The standard InChI is InChI=1S/C38H24N4.C15H10N.C5H8O2.Ir/c1-2-13-25(14-3-1)36-30-18-6-8-20-31(30)39-38(40-36)42-34-23-11-10-22-33(34)41-32-21-9-7-17-28(32)26-15-4-5-16-27(26)29-19-12-24-35(42)37(29)41;1-2-7-13(8-3-1)15-14-9-5-4-6-12(14)10-11-16-15;1-4(6)3-5(2)7;/h1-24H;1-7,9-11H;3,6H,1-2H3;/q;-1;;. The zero-order valence-electron chi connectivity index (χ0n) is 36.1. The zero-order chi connectivity index (χ0) is 44.3. The van der Waals surface area contributed by atoms with E-state index in [1.807, 2.05) is 60.8 Å². The van der Waals surface area contributed by atoms with E-state index in [4.69, 9.17) is 15.1 Å². The first-order valence-electron chi connectivity index (χ1n) is 21.5. The number of aliphatic hydroxyl groups is 1. The summed E-state index contributed by atoms with van der Waals surface area (Å²) in [6, 6.07) is 72.7. The number of aromatic nitrogens is 3. The molecule has 10 aromatic rings. The van der Waals surface area contributed by atoms with Gasteiger partial charge in [0.15, 0.2) is 5.78 Å². The molecule has 1 radical (unpaired) electrons. The van der Waals surface area contributed by atoms with E-state index in [0.717, 1.165) is 61.9 Å². The van der Waals surface area contributed by atoms with Crippen LogP contribution in [0.3, 0.4) is 0 Å². The van der Waals surface area contributed by atoms with Gasteiger partial charge in [0.25, 0.3) is 0 Å². The number of allylic oxidation sites excluding steroid dienone is 2. The van der Waals surface area contributed by atoms with Crippen molar-refractivity contribution in [2.45, 2.75) is 13.8 Å². The maximum atomic E-state index is 10.0. The molecule has 8 heteroatoms. The molecule has 2 aromatic heterocycles. The van der Waals surface area contributed by atoms with Crippen LogP contribution in [0.1, 0.15) is 13.8 Å². The molecular formula is C58H42IrN5O2-.